The van der Waals surface area contributed by atoms with Gasteiger partial charge in [-0.2, -0.15) is 0 Å². The van der Waals surface area contributed by atoms with Gasteiger partial charge >= 0.3 is 0 Å². The molecule has 0 aromatic carbocycles. The van der Waals surface area contributed by atoms with E-state index < -0.39 is 0 Å². The number of aryl methyl sites for hydroxylation is 1. The topological polar surface area (TPSA) is 43.8 Å². The summed E-state index contributed by atoms with van der Waals surface area (Å²) in [7, 11) is 0. The van der Waals surface area contributed by atoms with Gasteiger partial charge in [-0.05, 0) is 13.3 Å². The van der Waals surface area contributed by atoms with E-state index in [1.165, 1.54) is 0 Å². The first-order chi connectivity index (χ1) is 6.15. The molecule has 1 aromatic heterocycles. The van der Waals surface area contributed by atoms with Crippen molar-refractivity contribution in [2.75, 3.05) is 0 Å². The average Bonchev–Trinajstić information content (AvgIpc) is 2.47. The predicted molar refractivity (Wildman–Crippen MR) is 57.7 cm³/mol. The number of nitrogens with zero attached hydrogens (tertiary/aromatic N) is 2. The standard InChI is InChI=1S/C9H15N3S/c1-3-8(6-9(10)13)12-5-4-11-7(12)2/h4-5,8H,3,6H2,1-2H3,(H2,10,13). The first-order valence-corrected chi connectivity index (χ1v) is 4.83. The van der Waals surface area contributed by atoms with Gasteiger partial charge in [-0.3, -0.25) is 0 Å². The Morgan fingerprint density at radius 2 is 2.46 bits per heavy atom. The summed E-state index contributed by atoms with van der Waals surface area (Å²) >= 11 is 4.90. The number of nitrogens with two attached hydrogens (primary N) is 1. The van der Waals surface area contributed by atoms with Crippen LogP contribution in [0.4, 0.5) is 0 Å². The first-order valence-electron chi connectivity index (χ1n) is 4.43. The number of imidazole rings is 1. The lowest BCUT2D eigenvalue weighted by Gasteiger charge is -2.17. The van der Waals surface area contributed by atoms with Gasteiger partial charge in [-0.15, -0.1) is 0 Å². The molecule has 0 aliphatic heterocycles. The highest BCUT2D eigenvalue weighted by Gasteiger charge is 2.11. The zero-order valence-corrected chi connectivity index (χ0v) is 8.84. The SMILES string of the molecule is CCC(CC(N)=S)n1ccnc1C. The molecule has 0 fully saturated rings. The quantitative estimate of drug-likeness (QED) is 0.749. The van der Waals surface area contributed by atoms with E-state index in [2.05, 4.69) is 16.5 Å². The lowest BCUT2D eigenvalue weighted by molar-refractivity contribution is 0.492. The lowest BCUT2D eigenvalue weighted by atomic mass is 10.1. The minimum atomic E-state index is 0.361. The molecule has 1 unspecified atom stereocenters. The third kappa shape index (κ3) is 2.52. The predicted octanol–water partition coefficient (Wildman–Crippen LogP) is 1.82. The number of hydrogen-bond acceptors (Lipinski definition) is 2. The van der Waals surface area contributed by atoms with E-state index >= 15 is 0 Å². The van der Waals surface area contributed by atoms with Crippen LogP contribution in [-0.2, 0) is 0 Å². The highest BCUT2D eigenvalue weighted by Crippen LogP contribution is 2.17. The first kappa shape index (κ1) is 10.2. The Bertz CT molecular complexity index is 293. The molecule has 0 saturated carbocycles. The van der Waals surface area contributed by atoms with E-state index in [0.717, 1.165) is 18.7 Å². The van der Waals surface area contributed by atoms with Crippen molar-refractivity contribution in [3.8, 4) is 0 Å². The van der Waals surface area contributed by atoms with Gasteiger partial charge in [0, 0.05) is 24.9 Å². The van der Waals surface area contributed by atoms with Crippen molar-refractivity contribution in [1.82, 2.24) is 9.55 Å². The molecule has 2 N–H and O–H groups in total. The monoisotopic (exact) mass is 197 g/mol. The van der Waals surface area contributed by atoms with Crippen molar-refractivity contribution < 1.29 is 0 Å². The van der Waals surface area contributed by atoms with Crippen molar-refractivity contribution in [2.24, 2.45) is 5.73 Å². The molecule has 0 spiro atoms. The molecule has 4 heteroatoms. The molecular weight excluding hydrogens is 182 g/mol. The van der Waals surface area contributed by atoms with Crippen LogP contribution in [0.15, 0.2) is 12.4 Å². The highest BCUT2D eigenvalue weighted by molar-refractivity contribution is 7.80. The minimum absolute atomic E-state index is 0.361. The fourth-order valence-corrected chi connectivity index (χ4v) is 1.64. The van der Waals surface area contributed by atoms with Crippen LogP contribution >= 0.6 is 12.2 Å². The molecule has 0 amide bonds. The third-order valence-corrected chi connectivity index (χ3v) is 2.33. The summed E-state index contributed by atoms with van der Waals surface area (Å²) in [5, 5.41) is 0. The Labute approximate surface area is 84.0 Å². The smallest absolute Gasteiger partial charge is 0.105 e. The lowest BCUT2D eigenvalue weighted by Crippen LogP contribution is -2.17. The van der Waals surface area contributed by atoms with Crippen LogP contribution in [0, 0.1) is 6.92 Å². The van der Waals surface area contributed by atoms with Crippen LogP contribution in [-0.4, -0.2) is 14.5 Å². The van der Waals surface area contributed by atoms with E-state index in [1.54, 1.807) is 6.20 Å². The van der Waals surface area contributed by atoms with Crippen molar-refractivity contribution in [1.29, 1.82) is 0 Å². The van der Waals surface area contributed by atoms with Gasteiger partial charge in [0.1, 0.15) is 5.82 Å². The molecule has 72 valence electrons. The molecule has 1 rings (SSSR count). The number of rotatable bonds is 4. The van der Waals surface area contributed by atoms with Gasteiger partial charge in [0.2, 0.25) is 0 Å². The minimum Gasteiger partial charge on any atom is -0.393 e. The molecule has 0 aliphatic rings. The van der Waals surface area contributed by atoms with E-state index in [4.69, 9.17) is 18.0 Å². The van der Waals surface area contributed by atoms with Crippen LogP contribution in [0.5, 0.6) is 0 Å². The average molecular weight is 197 g/mol. The number of thiocarbonyl (C=S) groups is 1. The normalized spacial score (nSPS) is 12.8. The van der Waals surface area contributed by atoms with Crippen molar-refractivity contribution in [3.63, 3.8) is 0 Å². The van der Waals surface area contributed by atoms with Crippen molar-refractivity contribution >= 4 is 17.2 Å². The zero-order chi connectivity index (χ0) is 9.84. The second-order valence-electron chi connectivity index (χ2n) is 3.11. The van der Waals surface area contributed by atoms with Crippen LogP contribution in [0.1, 0.15) is 31.6 Å². The summed E-state index contributed by atoms with van der Waals surface area (Å²) in [6, 6.07) is 0.361. The fraction of sp³-hybridized carbons (Fsp3) is 0.556. The molecule has 0 aliphatic carbocycles. The number of aromatic nitrogens is 2. The maximum atomic E-state index is 5.52. The molecule has 1 atom stereocenters. The molecule has 1 aromatic rings. The second-order valence-corrected chi connectivity index (χ2v) is 3.64. The maximum absolute atomic E-state index is 5.52. The number of hydrogen-bond donors (Lipinski definition) is 1. The van der Waals surface area contributed by atoms with Gasteiger partial charge in [-0.25, -0.2) is 4.98 Å². The molecule has 0 saturated heterocycles. The molecule has 0 radical (unpaired) electrons. The Balaban J connectivity index is 2.78. The summed E-state index contributed by atoms with van der Waals surface area (Å²) in [6.45, 7) is 4.12. The third-order valence-electron chi connectivity index (χ3n) is 2.16. The largest absolute Gasteiger partial charge is 0.393 e. The Morgan fingerprint density at radius 3 is 2.85 bits per heavy atom. The van der Waals surface area contributed by atoms with Crippen molar-refractivity contribution in [2.45, 2.75) is 32.7 Å². The summed E-state index contributed by atoms with van der Waals surface area (Å²) in [5.74, 6) is 1.02. The van der Waals surface area contributed by atoms with E-state index in [0.29, 0.717) is 11.0 Å². The maximum Gasteiger partial charge on any atom is 0.105 e. The van der Waals surface area contributed by atoms with Gasteiger partial charge in [0.05, 0.1) is 4.99 Å². The summed E-state index contributed by atoms with van der Waals surface area (Å²) < 4.78 is 2.12. The second kappa shape index (κ2) is 4.37. The Kier molecular flexibility index (Phi) is 3.42. The molecular formula is C9H15N3S. The Hall–Kier alpha value is -0.900. The Morgan fingerprint density at radius 1 is 1.77 bits per heavy atom. The van der Waals surface area contributed by atoms with Crippen LogP contribution < -0.4 is 5.73 Å². The van der Waals surface area contributed by atoms with Gasteiger partial charge in [-0.1, -0.05) is 19.1 Å². The highest BCUT2D eigenvalue weighted by atomic mass is 32.1. The van der Waals surface area contributed by atoms with Crippen LogP contribution in [0.3, 0.4) is 0 Å². The van der Waals surface area contributed by atoms with E-state index in [-0.39, 0.29) is 0 Å². The molecule has 3 nitrogen and oxygen atoms in total. The van der Waals surface area contributed by atoms with Crippen LogP contribution in [0.2, 0.25) is 0 Å². The van der Waals surface area contributed by atoms with E-state index in [9.17, 15) is 0 Å². The van der Waals surface area contributed by atoms with Crippen LogP contribution in [0.25, 0.3) is 0 Å². The summed E-state index contributed by atoms with van der Waals surface area (Å²) in [6.07, 6.45) is 5.55. The van der Waals surface area contributed by atoms with Crippen molar-refractivity contribution in [3.05, 3.63) is 18.2 Å². The fourth-order valence-electron chi connectivity index (χ4n) is 1.45. The molecule has 0 bridgehead atoms. The zero-order valence-electron chi connectivity index (χ0n) is 8.03. The summed E-state index contributed by atoms with van der Waals surface area (Å²) in [5.41, 5.74) is 5.52. The molecule has 13 heavy (non-hydrogen) atoms. The van der Waals surface area contributed by atoms with Gasteiger partial charge < -0.3 is 10.3 Å². The van der Waals surface area contributed by atoms with Gasteiger partial charge in [0.15, 0.2) is 0 Å². The van der Waals surface area contributed by atoms with Gasteiger partial charge in [0.25, 0.3) is 0 Å². The van der Waals surface area contributed by atoms with E-state index in [1.807, 2.05) is 13.1 Å². The summed E-state index contributed by atoms with van der Waals surface area (Å²) in [4.78, 5) is 4.74. The molecule has 1 heterocycles.